The molecule has 2 amide bonds. The Kier molecular flexibility index (Phi) is 5.12. The fraction of sp³-hybridized carbons (Fsp3) is 0.818. The molecule has 0 aromatic carbocycles. The van der Waals surface area contributed by atoms with Crippen molar-refractivity contribution < 1.29 is 9.59 Å². The predicted molar refractivity (Wildman–Crippen MR) is 66.1 cm³/mol. The molecule has 1 rings (SSSR count). The number of hydrogen-bond donors (Lipinski definition) is 1. The zero-order chi connectivity index (χ0) is 12.1. The molecule has 1 heterocycles. The molecule has 0 saturated carbocycles. The molecule has 1 aliphatic heterocycles. The molecule has 5 heteroatoms. The first kappa shape index (κ1) is 13.4. The van der Waals surface area contributed by atoms with Crippen molar-refractivity contribution in [2.24, 2.45) is 11.7 Å². The van der Waals surface area contributed by atoms with Gasteiger partial charge in [0, 0.05) is 19.0 Å². The number of piperidine rings is 1. The van der Waals surface area contributed by atoms with Crippen LogP contribution in [0.25, 0.3) is 0 Å². The highest BCUT2D eigenvalue weighted by molar-refractivity contribution is 8.00. The van der Waals surface area contributed by atoms with Crippen molar-refractivity contribution in [3.63, 3.8) is 0 Å². The second kappa shape index (κ2) is 6.13. The number of hydrogen-bond acceptors (Lipinski definition) is 3. The van der Waals surface area contributed by atoms with Gasteiger partial charge in [0.05, 0.1) is 5.75 Å². The molecule has 0 atom stereocenters. The van der Waals surface area contributed by atoms with Crippen molar-refractivity contribution in [1.29, 1.82) is 0 Å². The molecule has 92 valence electrons. The van der Waals surface area contributed by atoms with Crippen LogP contribution in [0.5, 0.6) is 0 Å². The molecule has 0 spiro atoms. The molecule has 1 fully saturated rings. The molecule has 0 radical (unpaired) electrons. The van der Waals surface area contributed by atoms with Gasteiger partial charge < -0.3 is 10.6 Å². The third-order valence-electron chi connectivity index (χ3n) is 2.79. The normalized spacial score (nSPS) is 17.8. The van der Waals surface area contributed by atoms with Crippen LogP contribution >= 0.6 is 11.8 Å². The van der Waals surface area contributed by atoms with Crippen molar-refractivity contribution in [3.8, 4) is 0 Å². The first-order chi connectivity index (χ1) is 7.50. The Bertz CT molecular complexity index is 261. The summed E-state index contributed by atoms with van der Waals surface area (Å²) in [6.07, 6.45) is 1.43. The van der Waals surface area contributed by atoms with Crippen LogP contribution in [0, 0.1) is 5.92 Å². The number of nitrogens with zero attached hydrogens (tertiary/aromatic N) is 1. The van der Waals surface area contributed by atoms with Gasteiger partial charge in [-0.15, -0.1) is 11.8 Å². The standard InChI is InChI=1S/C11H20N2O2S/c1-8(2)16-7-10(14)13-5-3-9(4-6-13)11(12)15/h8-9H,3-7H2,1-2H3,(H2,12,15). The summed E-state index contributed by atoms with van der Waals surface area (Å²) in [5, 5.41) is 0.479. The number of amides is 2. The molecule has 4 nitrogen and oxygen atoms in total. The summed E-state index contributed by atoms with van der Waals surface area (Å²) >= 11 is 1.66. The fourth-order valence-electron chi connectivity index (χ4n) is 1.74. The number of likely N-dealkylation sites (tertiary alicyclic amines) is 1. The molecule has 1 aliphatic rings. The Morgan fingerprint density at radius 2 is 1.94 bits per heavy atom. The average molecular weight is 244 g/mol. The minimum absolute atomic E-state index is 0.0400. The van der Waals surface area contributed by atoms with Gasteiger partial charge in [-0.05, 0) is 18.1 Å². The Labute approximate surface area is 101 Å². The smallest absolute Gasteiger partial charge is 0.232 e. The molecule has 0 aromatic heterocycles. The van der Waals surface area contributed by atoms with E-state index >= 15 is 0 Å². The van der Waals surface area contributed by atoms with Crippen molar-refractivity contribution in [1.82, 2.24) is 4.90 Å². The van der Waals surface area contributed by atoms with E-state index in [1.54, 1.807) is 11.8 Å². The van der Waals surface area contributed by atoms with Crippen LogP contribution in [0.15, 0.2) is 0 Å². The van der Waals surface area contributed by atoms with Gasteiger partial charge in [-0.2, -0.15) is 0 Å². The SMILES string of the molecule is CC(C)SCC(=O)N1CCC(C(N)=O)CC1. The van der Waals surface area contributed by atoms with E-state index in [4.69, 9.17) is 5.73 Å². The van der Waals surface area contributed by atoms with Crippen LogP contribution in [0.4, 0.5) is 0 Å². The Hall–Kier alpha value is -0.710. The van der Waals surface area contributed by atoms with E-state index < -0.39 is 0 Å². The van der Waals surface area contributed by atoms with Gasteiger partial charge in [0.25, 0.3) is 0 Å². The monoisotopic (exact) mass is 244 g/mol. The lowest BCUT2D eigenvalue weighted by molar-refractivity contribution is -0.132. The van der Waals surface area contributed by atoms with Crippen LogP contribution < -0.4 is 5.73 Å². The third-order valence-corrected chi connectivity index (χ3v) is 3.87. The van der Waals surface area contributed by atoms with Crippen LogP contribution in [0.2, 0.25) is 0 Å². The van der Waals surface area contributed by atoms with E-state index in [0.717, 1.165) is 0 Å². The Balaban J connectivity index is 2.30. The van der Waals surface area contributed by atoms with Gasteiger partial charge >= 0.3 is 0 Å². The number of primary amides is 1. The second-order valence-corrected chi connectivity index (χ2v) is 5.98. The summed E-state index contributed by atoms with van der Waals surface area (Å²) in [7, 11) is 0. The van der Waals surface area contributed by atoms with Gasteiger partial charge in [-0.25, -0.2) is 0 Å². The number of rotatable bonds is 4. The van der Waals surface area contributed by atoms with Crippen molar-refractivity contribution in [3.05, 3.63) is 0 Å². The van der Waals surface area contributed by atoms with Gasteiger partial charge in [0.15, 0.2) is 0 Å². The third kappa shape index (κ3) is 4.04. The van der Waals surface area contributed by atoms with Crippen LogP contribution in [-0.2, 0) is 9.59 Å². The lowest BCUT2D eigenvalue weighted by atomic mass is 9.96. The zero-order valence-electron chi connectivity index (χ0n) is 9.94. The summed E-state index contributed by atoms with van der Waals surface area (Å²) in [5.74, 6) is 0.450. The molecule has 0 unspecified atom stereocenters. The largest absolute Gasteiger partial charge is 0.369 e. The molecule has 0 aliphatic carbocycles. The van der Waals surface area contributed by atoms with Gasteiger partial charge in [-0.1, -0.05) is 13.8 Å². The van der Waals surface area contributed by atoms with Crippen LogP contribution in [0.3, 0.4) is 0 Å². The topological polar surface area (TPSA) is 63.4 Å². The summed E-state index contributed by atoms with van der Waals surface area (Å²) < 4.78 is 0. The van der Waals surface area contributed by atoms with Crippen LogP contribution in [0.1, 0.15) is 26.7 Å². The summed E-state index contributed by atoms with van der Waals surface area (Å²) in [4.78, 5) is 24.6. The maximum absolute atomic E-state index is 11.8. The lowest BCUT2D eigenvalue weighted by Gasteiger charge is -2.30. The summed E-state index contributed by atoms with van der Waals surface area (Å²) in [6, 6.07) is 0. The number of thioether (sulfide) groups is 1. The quantitative estimate of drug-likeness (QED) is 0.797. The van der Waals surface area contributed by atoms with Gasteiger partial charge in [0.1, 0.15) is 0 Å². The molecule has 16 heavy (non-hydrogen) atoms. The Morgan fingerprint density at radius 1 is 1.38 bits per heavy atom. The highest BCUT2D eigenvalue weighted by Gasteiger charge is 2.25. The van der Waals surface area contributed by atoms with Crippen molar-refractivity contribution in [2.45, 2.75) is 31.9 Å². The highest BCUT2D eigenvalue weighted by Crippen LogP contribution is 2.18. The van der Waals surface area contributed by atoms with Crippen LogP contribution in [-0.4, -0.2) is 40.8 Å². The number of carbonyl (C=O) groups is 2. The minimum Gasteiger partial charge on any atom is -0.369 e. The maximum atomic E-state index is 11.8. The second-order valence-electron chi connectivity index (χ2n) is 4.42. The van der Waals surface area contributed by atoms with E-state index in [2.05, 4.69) is 13.8 Å². The molecular formula is C11H20N2O2S. The minimum atomic E-state index is -0.233. The first-order valence-electron chi connectivity index (χ1n) is 5.69. The summed E-state index contributed by atoms with van der Waals surface area (Å²) in [6.45, 7) is 5.50. The zero-order valence-corrected chi connectivity index (χ0v) is 10.8. The molecule has 1 saturated heterocycles. The average Bonchev–Trinajstić information content (AvgIpc) is 2.26. The number of nitrogens with two attached hydrogens (primary N) is 1. The highest BCUT2D eigenvalue weighted by atomic mass is 32.2. The van der Waals surface area contributed by atoms with Crippen molar-refractivity contribution >= 4 is 23.6 Å². The van der Waals surface area contributed by atoms with E-state index in [0.29, 0.717) is 36.9 Å². The van der Waals surface area contributed by atoms with Gasteiger partial charge in [0.2, 0.25) is 11.8 Å². The van der Waals surface area contributed by atoms with E-state index in [1.165, 1.54) is 0 Å². The Morgan fingerprint density at radius 3 is 2.38 bits per heavy atom. The lowest BCUT2D eigenvalue weighted by Crippen LogP contribution is -2.42. The van der Waals surface area contributed by atoms with Crippen molar-refractivity contribution in [2.75, 3.05) is 18.8 Å². The summed E-state index contributed by atoms with van der Waals surface area (Å²) in [5.41, 5.74) is 5.24. The molecule has 0 aromatic rings. The van der Waals surface area contributed by atoms with E-state index in [1.807, 2.05) is 4.90 Å². The maximum Gasteiger partial charge on any atom is 0.232 e. The first-order valence-corrected chi connectivity index (χ1v) is 6.74. The van der Waals surface area contributed by atoms with E-state index in [-0.39, 0.29) is 17.7 Å². The predicted octanol–water partition coefficient (Wildman–Crippen LogP) is 0.852. The van der Waals surface area contributed by atoms with Gasteiger partial charge in [-0.3, -0.25) is 9.59 Å². The molecule has 2 N–H and O–H groups in total. The van der Waals surface area contributed by atoms with E-state index in [9.17, 15) is 9.59 Å². The fourth-order valence-corrected chi connectivity index (χ4v) is 2.40. The molecule has 0 bridgehead atoms. The molecular weight excluding hydrogens is 224 g/mol. The number of carbonyl (C=O) groups excluding carboxylic acids is 2.